The van der Waals surface area contributed by atoms with Crippen molar-refractivity contribution in [3.63, 3.8) is 0 Å². The van der Waals surface area contributed by atoms with E-state index in [0.717, 1.165) is 15.0 Å². The van der Waals surface area contributed by atoms with E-state index in [4.69, 9.17) is 0 Å². The minimum Gasteiger partial charge on any atom is -0.0684 e. The summed E-state index contributed by atoms with van der Waals surface area (Å²) < 4.78 is 0. The molecule has 0 saturated heterocycles. The SMILES string of the molecule is CC(=CPc1ccccc1)Cc1ccccc1. The van der Waals surface area contributed by atoms with Crippen molar-refractivity contribution in [1.29, 1.82) is 0 Å². The van der Waals surface area contributed by atoms with E-state index in [9.17, 15) is 0 Å². The lowest BCUT2D eigenvalue weighted by Crippen LogP contribution is -1.90. The predicted molar refractivity (Wildman–Crippen MR) is 78.3 cm³/mol. The zero-order valence-electron chi connectivity index (χ0n) is 10.1. The van der Waals surface area contributed by atoms with E-state index in [1.54, 1.807) is 0 Å². The van der Waals surface area contributed by atoms with Crippen LogP contribution in [0.3, 0.4) is 0 Å². The molecule has 2 rings (SSSR count). The van der Waals surface area contributed by atoms with Gasteiger partial charge in [-0.3, -0.25) is 0 Å². The maximum atomic E-state index is 2.35. The Labute approximate surface area is 105 Å². The Morgan fingerprint density at radius 3 is 2.18 bits per heavy atom. The predicted octanol–water partition coefficient (Wildman–Crippen LogP) is 4.14. The van der Waals surface area contributed by atoms with Crippen LogP contribution in [0.15, 0.2) is 72.1 Å². The normalized spacial score (nSPS) is 12.2. The second-order valence-corrected chi connectivity index (χ2v) is 5.32. The number of hydrogen-bond donors (Lipinski definition) is 0. The molecule has 86 valence electrons. The van der Waals surface area contributed by atoms with Gasteiger partial charge in [0.05, 0.1) is 0 Å². The van der Waals surface area contributed by atoms with Crippen LogP contribution in [0.1, 0.15) is 12.5 Å². The standard InChI is InChI=1S/C16H17P/c1-14(12-15-8-4-2-5-9-15)13-17-16-10-6-3-7-11-16/h2-11,13,17H,12H2,1H3. The zero-order valence-corrected chi connectivity index (χ0v) is 11.1. The molecule has 2 aromatic carbocycles. The van der Waals surface area contributed by atoms with Gasteiger partial charge >= 0.3 is 0 Å². The second-order valence-electron chi connectivity index (χ2n) is 4.16. The lowest BCUT2D eigenvalue weighted by Gasteiger charge is -2.02. The first kappa shape index (κ1) is 12.1. The van der Waals surface area contributed by atoms with Crippen molar-refractivity contribution in [2.24, 2.45) is 0 Å². The summed E-state index contributed by atoms with van der Waals surface area (Å²) in [6.45, 7) is 2.21. The highest BCUT2D eigenvalue weighted by Crippen LogP contribution is 2.17. The van der Waals surface area contributed by atoms with Crippen LogP contribution in [-0.4, -0.2) is 0 Å². The van der Waals surface area contributed by atoms with Crippen molar-refractivity contribution in [3.8, 4) is 0 Å². The van der Waals surface area contributed by atoms with Gasteiger partial charge in [-0.15, -0.1) is 0 Å². The minimum atomic E-state index is 0.774. The molecule has 2 aromatic rings. The highest BCUT2D eigenvalue weighted by Gasteiger charge is 1.94. The van der Waals surface area contributed by atoms with Crippen LogP contribution in [-0.2, 0) is 6.42 Å². The number of allylic oxidation sites excluding steroid dienone is 1. The Hall–Kier alpha value is -1.39. The number of benzene rings is 2. The minimum absolute atomic E-state index is 0.774. The molecule has 0 spiro atoms. The van der Waals surface area contributed by atoms with Gasteiger partial charge in [0.15, 0.2) is 0 Å². The molecule has 1 unspecified atom stereocenters. The average Bonchev–Trinajstić information content (AvgIpc) is 2.39. The molecule has 0 radical (unpaired) electrons. The van der Waals surface area contributed by atoms with Crippen molar-refractivity contribution in [2.75, 3.05) is 0 Å². The maximum absolute atomic E-state index is 2.35. The summed E-state index contributed by atoms with van der Waals surface area (Å²) in [5.41, 5.74) is 2.83. The highest BCUT2D eigenvalue weighted by molar-refractivity contribution is 7.50. The molecule has 0 N–H and O–H groups in total. The Balaban J connectivity index is 1.94. The van der Waals surface area contributed by atoms with Crippen molar-refractivity contribution >= 4 is 13.9 Å². The van der Waals surface area contributed by atoms with Crippen LogP contribution in [0, 0.1) is 0 Å². The summed E-state index contributed by atoms with van der Waals surface area (Å²) in [5, 5.41) is 1.40. The summed E-state index contributed by atoms with van der Waals surface area (Å²) in [7, 11) is 0.774. The lowest BCUT2D eigenvalue weighted by atomic mass is 10.1. The summed E-state index contributed by atoms with van der Waals surface area (Å²) in [6, 6.07) is 21.3. The van der Waals surface area contributed by atoms with Crippen LogP contribution >= 0.6 is 8.58 Å². The van der Waals surface area contributed by atoms with E-state index in [0.29, 0.717) is 0 Å². The summed E-state index contributed by atoms with van der Waals surface area (Å²) in [5.74, 6) is 2.35. The maximum Gasteiger partial charge on any atom is -0.00663 e. The fourth-order valence-corrected chi connectivity index (χ4v) is 2.61. The Kier molecular flexibility index (Phi) is 4.53. The molecule has 0 saturated carbocycles. The molecular weight excluding hydrogens is 223 g/mol. The summed E-state index contributed by atoms with van der Waals surface area (Å²) in [6.07, 6.45) is 1.06. The first-order chi connectivity index (χ1) is 8.34. The van der Waals surface area contributed by atoms with Gasteiger partial charge in [0, 0.05) is 0 Å². The first-order valence-corrected chi connectivity index (χ1v) is 6.93. The molecule has 0 nitrogen and oxygen atoms in total. The molecule has 1 heteroatoms. The third kappa shape index (κ3) is 4.17. The van der Waals surface area contributed by atoms with E-state index >= 15 is 0 Å². The largest absolute Gasteiger partial charge is 0.0684 e. The molecule has 0 aliphatic heterocycles. The quantitative estimate of drug-likeness (QED) is 0.705. The van der Waals surface area contributed by atoms with E-state index in [-0.39, 0.29) is 0 Å². The lowest BCUT2D eigenvalue weighted by molar-refractivity contribution is 1.15. The average molecular weight is 240 g/mol. The second kappa shape index (κ2) is 6.37. The molecule has 0 aliphatic carbocycles. The van der Waals surface area contributed by atoms with Crippen LogP contribution < -0.4 is 5.30 Å². The van der Waals surface area contributed by atoms with Gasteiger partial charge in [-0.05, 0) is 24.2 Å². The van der Waals surface area contributed by atoms with Crippen LogP contribution in [0.5, 0.6) is 0 Å². The highest BCUT2D eigenvalue weighted by atomic mass is 31.1. The Bertz CT molecular complexity index is 471. The molecule has 0 bridgehead atoms. The fourth-order valence-electron chi connectivity index (χ4n) is 1.71. The third-order valence-corrected chi connectivity index (χ3v) is 3.89. The number of hydrogen-bond acceptors (Lipinski definition) is 0. The van der Waals surface area contributed by atoms with Gasteiger partial charge in [-0.25, -0.2) is 0 Å². The van der Waals surface area contributed by atoms with Crippen LogP contribution in [0.2, 0.25) is 0 Å². The molecule has 0 amide bonds. The molecule has 1 atom stereocenters. The fraction of sp³-hybridized carbons (Fsp3) is 0.125. The van der Waals surface area contributed by atoms with Crippen molar-refractivity contribution in [3.05, 3.63) is 77.6 Å². The Morgan fingerprint density at radius 2 is 1.53 bits per heavy atom. The number of rotatable bonds is 4. The third-order valence-electron chi connectivity index (χ3n) is 2.58. The molecule has 17 heavy (non-hydrogen) atoms. The first-order valence-electron chi connectivity index (χ1n) is 5.86. The van der Waals surface area contributed by atoms with E-state index in [1.807, 2.05) is 0 Å². The van der Waals surface area contributed by atoms with Gasteiger partial charge in [0.2, 0.25) is 0 Å². The zero-order chi connectivity index (χ0) is 11.9. The van der Waals surface area contributed by atoms with Gasteiger partial charge in [-0.1, -0.05) is 80.6 Å². The van der Waals surface area contributed by atoms with Gasteiger partial charge in [0.1, 0.15) is 0 Å². The summed E-state index contributed by atoms with van der Waals surface area (Å²) >= 11 is 0. The van der Waals surface area contributed by atoms with E-state index in [2.05, 4.69) is 73.4 Å². The van der Waals surface area contributed by atoms with Gasteiger partial charge in [-0.2, -0.15) is 0 Å². The molecule has 0 aromatic heterocycles. The molecule has 0 aliphatic rings. The van der Waals surface area contributed by atoms with Gasteiger partial charge in [0.25, 0.3) is 0 Å². The van der Waals surface area contributed by atoms with E-state index < -0.39 is 0 Å². The van der Waals surface area contributed by atoms with Crippen LogP contribution in [0.4, 0.5) is 0 Å². The summed E-state index contributed by atoms with van der Waals surface area (Å²) in [4.78, 5) is 0. The smallest absolute Gasteiger partial charge is 0.00663 e. The topological polar surface area (TPSA) is 0 Å². The molecular formula is C16H17P. The van der Waals surface area contributed by atoms with Crippen molar-refractivity contribution in [1.82, 2.24) is 0 Å². The Morgan fingerprint density at radius 1 is 0.941 bits per heavy atom. The molecule has 0 fully saturated rings. The van der Waals surface area contributed by atoms with Gasteiger partial charge < -0.3 is 0 Å². The molecule has 0 heterocycles. The van der Waals surface area contributed by atoms with Crippen molar-refractivity contribution < 1.29 is 0 Å². The van der Waals surface area contributed by atoms with E-state index in [1.165, 1.54) is 16.4 Å². The monoisotopic (exact) mass is 240 g/mol. The van der Waals surface area contributed by atoms with Crippen LogP contribution in [0.25, 0.3) is 0 Å². The van der Waals surface area contributed by atoms with Crippen molar-refractivity contribution in [2.45, 2.75) is 13.3 Å².